The monoisotopic (exact) mass is 588 g/mol. The highest BCUT2D eigenvalue weighted by molar-refractivity contribution is 5.85. The first-order chi connectivity index (χ1) is 18.5. The molecule has 0 fully saturated rings. The molecule has 0 spiro atoms. The van der Waals surface area contributed by atoms with Gasteiger partial charge in [-0.2, -0.15) is 0 Å². The van der Waals surface area contributed by atoms with Gasteiger partial charge >= 0.3 is 18.0 Å². The Morgan fingerprint density at radius 3 is 1.80 bits per heavy atom. The molecule has 0 bridgehead atoms. The van der Waals surface area contributed by atoms with Crippen LogP contribution in [0.25, 0.3) is 11.1 Å². The number of carbonyl (C=O) groups excluding carboxylic acids is 1. The molecule has 2 aromatic carbocycles. The number of unbranched alkanes of at least 4 members (excludes halogenated alkanes) is 2. The van der Waals surface area contributed by atoms with Crippen molar-refractivity contribution in [2.45, 2.75) is 76.8 Å². The summed E-state index contributed by atoms with van der Waals surface area (Å²) >= 11 is 0. The van der Waals surface area contributed by atoms with Crippen LogP contribution in [0.4, 0.5) is 4.79 Å². The molecule has 226 valence electrons. The molecule has 8 nitrogen and oxygen atoms in total. The van der Waals surface area contributed by atoms with Crippen LogP contribution in [-0.4, -0.2) is 45.9 Å². The van der Waals surface area contributed by atoms with E-state index in [1.54, 1.807) is 12.2 Å². The SMILES string of the molecule is C.C=CCCC[C@](C)(N)C(=O)O.C=CCCC[C@](C)(NC(=O)OCC1c2ccccc2-c2ccccc21)C(=O)O.Cl. The van der Waals surface area contributed by atoms with Gasteiger partial charge in [0.25, 0.3) is 0 Å². The molecular weight excluding hydrogens is 544 g/mol. The van der Waals surface area contributed by atoms with Gasteiger partial charge in [-0.25, -0.2) is 9.59 Å². The van der Waals surface area contributed by atoms with Crippen molar-refractivity contribution >= 4 is 30.4 Å². The van der Waals surface area contributed by atoms with Crippen LogP contribution in [0.2, 0.25) is 0 Å². The van der Waals surface area contributed by atoms with E-state index in [0.29, 0.717) is 25.7 Å². The largest absolute Gasteiger partial charge is 0.480 e. The van der Waals surface area contributed by atoms with Crippen LogP contribution in [0.15, 0.2) is 73.8 Å². The normalized spacial score (nSPS) is 14.0. The van der Waals surface area contributed by atoms with Gasteiger partial charge in [0.1, 0.15) is 17.7 Å². The van der Waals surface area contributed by atoms with Crippen molar-refractivity contribution in [1.82, 2.24) is 5.32 Å². The van der Waals surface area contributed by atoms with Crippen molar-refractivity contribution in [2.75, 3.05) is 6.61 Å². The number of allylic oxidation sites excluding steroid dienone is 2. The summed E-state index contributed by atoms with van der Waals surface area (Å²) in [7, 11) is 0. The van der Waals surface area contributed by atoms with Gasteiger partial charge in [0.05, 0.1) is 0 Å². The van der Waals surface area contributed by atoms with E-state index in [9.17, 15) is 19.5 Å². The Bertz CT molecular complexity index is 1140. The number of nitrogens with one attached hydrogen (secondary N) is 1. The van der Waals surface area contributed by atoms with Gasteiger partial charge in [0.2, 0.25) is 0 Å². The number of hydrogen-bond acceptors (Lipinski definition) is 5. The van der Waals surface area contributed by atoms with E-state index in [2.05, 4.69) is 30.6 Å². The number of benzene rings is 2. The number of alkyl carbamates (subject to hydrolysis) is 1. The molecule has 0 saturated carbocycles. The van der Waals surface area contributed by atoms with Crippen molar-refractivity contribution in [1.29, 1.82) is 0 Å². The summed E-state index contributed by atoms with van der Waals surface area (Å²) in [4.78, 5) is 34.5. The minimum atomic E-state index is -1.37. The van der Waals surface area contributed by atoms with Gasteiger partial charge in [0, 0.05) is 5.92 Å². The topological polar surface area (TPSA) is 139 Å². The second-order valence-corrected chi connectivity index (χ2v) is 10.2. The summed E-state index contributed by atoms with van der Waals surface area (Å²) in [5.74, 6) is -2.08. The smallest absolute Gasteiger partial charge is 0.408 e. The summed E-state index contributed by atoms with van der Waals surface area (Å²) in [6, 6.07) is 16.1. The first kappa shape index (κ1) is 37.4. The molecule has 0 aromatic heterocycles. The highest BCUT2D eigenvalue weighted by Gasteiger charge is 2.36. The van der Waals surface area contributed by atoms with E-state index < -0.39 is 29.1 Å². The standard InChI is InChI=1S/C23H25NO4.C8H15NO2.CH4.ClH/c1-3-4-9-14-23(2,21(25)26)24-22(27)28-15-20-18-12-7-5-10-16(18)17-11-6-8-13-19(17)20;1-3-4-5-6-8(2,9)7(10)11;;/h3,5-8,10-13,20H,1,4,9,14-15H2,2H3,(H,24,27)(H,25,26);3H,1,4-6,9H2,2H3,(H,10,11);1H4;1H/t23-;8-;;/m00../s1. The Hall–Kier alpha value is -3.62. The van der Waals surface area contributed by atoms with E-state index in [1.165, 1.54) is 13.8 Å². The fourth-order valence-corrected chi connectivity index (χ4v) is 4.40. The number of fused-ring (bicyclic) bond motifs is 3. The summed E-state index contributed by atoms with van der Waals surface area (Å²) in [5, 5.41) is 20.6. The number of rotatable bonds is 13. The van der Waals surface area contributed by atoms with Crippen LogP contribution < -0.4 is 11.1 Å². The van der Waals surface area contributed by atoms with Gasteiger partial charge in [-0.05, 0) is 74.6 Å². The first-order valence-corrected chi connectivity index (χ1v) is 13.1. The van der Waals surface area contributed by atoms with Crippen LogP contribution in [0, 0.1) is 0 Å². The number of carboxylic acids is 2. The molecule has 0 saturated heterocycles. The van der Waals surface area contributed by atoms with Crippen LogP contribution in [0.1, 0.15) is 76.8 Å². The third-order valence-electron chi connectivity index (χ3n) is 6.87. The van der Waals surface area contributed by atoms with E-state index in [1.807, 2.05) is 36.4 Å². The van der Waals surface area contributed by atoms with Crippen molar-refractivity contribution in [3.63, 3.8) is 0 Å². The van der Waals surface area contributed by atoms with Crippen LogP contribution in [0.3, 0.4) is 0 Å². The molecule has 0 radical (unpaired) electrons. The van der Waals surface area contributed by atoms with Crippen LogP contribution in [0.5, 0.6) is 0 Å². The van der Waals surface area contributed by atoms with E-state index in [-0.39, 0.29) is 32.4 Å². The molecule has 5 N–H and O–H groups in total. The Morgan fingerprint density at radius 1 is 0.902 bits per heavy atom. The molecule has 1 amide bonds. The lowest BCUT2D eigenvalue weighted by Gasteiger charge is -2.26. The maximum Gasteiger partial charge on any atom is 0.408 e. The molecule has 2 aromatic rings. The number of hydrogen-bond donors (Lipinski definition) is 4. The maximum atomic E-state index is 12.4. The predicted octanol–water partition coefficient (Wildman–Crippen LogP) is 6.93. The molecule has 0 aliphatic heterocycles. The number of amides is 1. The van der Waals surface area contributed by atoms with E-state index in [0.717, 1.165) is 35.1 Å². The zero-order chi connectivity index (χ0) is 29.1. The van der Waals surface area contributed by atoms with Gasteiger partial charge in [-0.15, -0.1) is 25.6 Å². The predicted molar refractivity (Wildman–Crippen MR) is 167 cm³/mol. The van der Waals surface area contributed by atoms with Gasteiger partial charge in [-0.1, -0.05) is 68.1 Å². The number of aliphatic carboxylic acids is 2. The molecular formula is C32H45ClN2O6. The van der Waals surface area contributed by atoms with Crippen molar-refractivity contribution < 1.29 is 29.3 Å². The van der Waals surface area contributed by atoms with Crippen molar-refractivity contribution in [3.05, 3.63) is 85.0 Å². The summed E-state index contributed by atoms with van der Waals surface area (Å²) in [5.41, 5.74) is 7.54. The fourth-order valence-electron chi connectivity index (χ4n) is 4.40. The molecule has 0 unspecified atom stereocenters. The van der Waals surface area contributed by atoms with Crippen molar-refractivity contribution in [2.24, 2.45) is 5.73 Å². The van der Waals surface area contributed by atoms with Gasteiger partial charge in [-0.3, -0.25) is 4.79 Å². The zero-order valence-electron chi connectivity index (χ0n) is 23.2. The third kappa shape index (κ3) is 10.4. The molecule has 1 aliphatic rings. The summed E-state index contributed by atoms with van der Waals surface area (Å²) in [6.07, 6.45) is 6.49. The van der Waals surface area contributed by atoms with Crippen LogP contribution in [-0.2, 0) is 14.3 Å². The molecule has 41 heavy (non-hydrogen) atoms. The number of carbonyl (C=O) groups is 3. The molecule has 0 heterocycles. The van der Waals surface area contributed by atoms with E-state index in [4.69, 9.17) is 15.6 Å². The maximum absolute atomic E-state index is 12.4. The average Bonchev–Trinajstić information content (AvgIpc) is 3.21. The van der Waals surface area contributed by atoms with Crippen molar-refractivity contribution in [3.8, 4) is 11.1 Å². The molecule has 1 aliphatic carbocycles. The van der Waals surface area contributed by atoms with Gasteiger partial charge < -0.3 is 26.0 Å². The number of carboxylic acid groups (broad SMARTS) is 2. The minimum Gasteiger partial charge on any atom is -0.480 e. The average molecular weight is 589 g/mol. The fraction of sp³-hybridized carbons (Fsp3) is 0.406. The summed E-state index contributed by atoms with van der Waals surface area (Å²) < 4.78 is 5.46. The molecule has 2 atom stereocenters. The molecule has 3 rings (SSSR count). The van der Waals surface area contributed by atoms with Crippen LogP contribution >= 0.6 is 12.4 Å². The second kappa shape index (κ2) is 17.3. The quantitative estimate of drug-likeness (QED) is 0.147. The third-order valence-corrected chi connectivity index (χ3v) is 6.87. The van der Waals surface area contributed by atoms with E-state index >= 15 is 0 Å². The highest BCUT2D eigenvalue weighted by Crippen LogP contribution is 2.44. The Balaban J connectivity index is 0.00000106. The number of nitrogens with two attached hydrogens (primary N) is 1. The zero-order valence-corrected chi connectivity index (χ0v) is 24.0. The lowest BCUT2D eigenvalue weighted by Crippen LogP contribution is -2.52. The Labute approximate surface area is 250 Å². The lowest BCUT2D eigenvalue weighted by atomic mass is 9.95. The summed E-state index contributed by atoms with van der Waals surface area (Å²) in [6.45, 7) is 10.4. The Morgan fingerprint density at radius 2 is 1.37 bits per heavy atom. The first-order valence-electron chi connectivity index (χ1n) is 13.1. The lowest BCUT2D eigenvalue weighted by molar-refractivity contribution is -0.144. The van der Waals surface area contributed by atoms with Gasteiger partial charge in [0.15, 0.2) is 0 Å². The molecule has 9 heteroatoms. The Kier molecular flexibility index (Phi) is 15.7. The minimum absolute atomic E-state index is 0. The highest BCUT2D eigenvalue weighted by atomic mass is 35.5. The second-order valence-electron chi connectivity index (χ2n) is 10.2. The number of halogens is 1. The number of ether oxygens (including phenoxy) is 1.